The van der Waals surface area contributed by atoms with Crippen molar-refractivity contribution >= 4 is 23.1 Å². The molecule has 2 heterocycles. The number of ether oxygens (including phenoxy) is 1. The maximum absolute atomic E-state index is 9.70. The van der Waals surface area contributed by atoms with E-state index in [4.69, 9.17) is 16.3 Å². The number of pyridine rings is 1. The third-order valence-corrected chi connectivity index (χ3v) is 6.31. The Labute approximate surface area is 177 Å². The van der Waals surface area contributed by atoms with Gasteiger partial charge in [-0.1, -0.05) is 23.7 Å². The van der Waals surface area contributed by atoms with Crippen LogP contribution in [0.2, 0.25) is 5.02 Å². The number of anilines is 2. The van der Waals surface area contributed by atoms with E-state index in [-0.39, 0.29) is 6.10 Å². The normalized spacial score (nSPS) is 23.0. The van der Waals surface area contributed by atoms with E-state index in [1.54, 1.807) is 6.20 Å². The molecule has 1 aromatic carbocycles. The Kier molecular flexibility index (Phi) is 6.90. The van der Waals surface area contributed by atoms with Crippen LogP contribution >= 0.6 is 11.6 Å². The van der Waals surface area contributed by atoms with E-state index in [2.05, 4.69) is 39.9 Å². The standard InChI is InChI=1S/C23H30ClN3O2/c24-22-15-26-23(27-18-4-6-20(28)7-5-18)13-21(22)17-2-1-3-19(12-17)25-14-16-8-10-29-11-9-16/h1-3,12-13,15-16,18,20,25,28H,4-11,14H2,(H,26,27)/t18-,20-. The van der Waals surface area contributed by atoms with Crippen molar-refractivity contribution in [3.05, 3.63) is 41.6 Å². The van der Waals surface area contributed by atoms with Gasteiger partial charge in [-0.25, -0.2) is 4.98 Å². The van der Waals surface area contributed by atoms with Crippen LogP contribution in [0.25, 0.3) is 11.1 Å². The Bertz CT molecular complexity index is 802. The first-order chi connectivity index (χ1) is 14.2. The molecule has 0 bridgehead atoms. The third kappa shape index (κ3) is 5.62. The zero-order valence-electron chi connectivity index (χ0n) is 16.7. The van der Waals surface area contributed by atoms with Crippen LogP contribution in [-0.2, 0) is 4.74 Å². The molecule has 0 atom stereocenters. The van der Waals surface area contributed by atoms with Gasteiger partial charge in [0.15, 0.2) is 0 Å². The van der Waals surface area contributed by atoms with E-state index in [0.29, 0.717) is 17.0 Å². The first kappa shape index (κ1) is 20.5. The minimum absolute atomic E-state index is 0.154. The summed E-state index contributed by atoms with van der Waals surface area (Å²) in [5.41, 5.74) is 3.17. The lowest BCUT2D eigenvalue weighted by Crippen LogP contribution is -2.28. The van der Waals surface area contributed by atoms with Crippen molar-refractivity contribution in [2.75, 3.05) is 30.4 Å². The summed E-state index contributed by atoms with van der Waals surface area (Å²) < 4.78 is 5.45. The summed E-state index contributed by atoms with van der Waals surface area (Å²) in [5.74, 6) is 1.51. The monoisotopic (exact) mass is 415 g/mol. The number of halogens is 1. The van der Waals surface area contributed by atoms with E-state index in [1.807, 2.05) is 6.07 Å². The molecule has 1 saturated heterocycles. The van der Waals surface area contributed by atoms with Gasteiger partial charge in [-0.15, -0.1) is 0 Å². The van der Waals surface area contributed by atoms with Gasteiger partial charge in [-0.2, -0.15) is 0 Å². The summed E-state index contributed by atoms with van der Waals surface area (Å²) in [4.78, 5) is 4.46. The molecule has 0 radical (unpaired) electrons. The number of hydrogen-bond acceptors (Lipinski definition) is 5. The highest BCUT2D eigenvalue weighted by Gasteiger charge is 2.20. The summed E-state index contributed by atoms with van der Waals surface area (Å²) in [6.45, 7) is 2.71. The molecular formula is C23H30ClN3O2. The zero-order chi connectivity index (χ0) is 20.1. The predicted molar refractivity (Wildman–Crippen MR) is 119 cm³/mol. The fourth-order valence-electron chi connectivity index (χ4n) is 4.18. The lowest BCUT2D eigenvalue weighted by molar-refractivity contribution is 0.0699. The number of benzene rings is 1. The SMILES string of the molecule is O[C@H]1CC[C@H](Nc2cc(-c3cccc(NCC4CCOCC4)c3)c(Cl)cn2)CC1. The van der Waals surface area contributed by atoms with Crippen molar-refractivity contribution in [2.45, 2.75) is 50.7 Å². The lowest BCUT2D eigenvalue weighted by Gasteiger charge is -2.26. The number of hydrogen-bond donors (Lipinski definition) is 3. The molecule has 4 rings (SSSR count). The Balaban J connectivity index is 1.44. The third-order valence-electron chi connectivity index (χ3n) is 6.01. The quantitative estimate of drug-likeness (QED) is 0.622. The molecule has 29 heavy (non-hydrogen) atoms. The number of aliphatic hydroxyl groups is 1. The second-order valence-electron chi connectivity index (χ2n) is 8.22. The van der Waals surface area contributed by atoms with Gasteiger partial charge in [0.25, 0.3) is 0 Å². The van der Waals surface area contributed by atoms with Crippen molar-refractivity contribution in [2.24, 2.45) is 5.92 Å². The van der Waals surface area contributed by atoms with Crippen LogP contribution in [0.15, 0.2) is 36.5 Å². The maximum Gasteiger partial charge on any atom is 0.126 e. The van der Waals surface area contributed by atoms with Crippen LogP contribution in [0, 0.1) is 5.92 Å². The summed E-state index contributed by atoms with van der Waals surface area (Å²) in [6.07, 6.45) is 7.43. The van der Waals surface area contributed by atoms with Crippen molar-refractivity contribution in [3.63, 3.8) is 0 Å². The number of aromatic nitrogens is 1. The topological polar surface area (TPSA) is 66.4 Å². The molecule has 6 heteroatoms. The Hall–Kier alpha value is -1.82. The van der Waals surface area contributed by atoms with Crippen molar-refractivity contribution < 1.29 is 9.84 Å². The van der Waals surface area contributed by atoms with Crippen LogP contribution in [-0.4, -0.2) is 42.0 Å². The molecule has 1 aliphatic carbocycles. The van der Waals surface area contributed by atoms with E-state index in [9.17, 15) is 5.11 Å². The molecule has 0 unspecified atom stereocenters. The number of nitrogens with zero attached hydrogens (tertiary/aromatic N) is 1. The van der Waals surface area contributed by atoms with Crippen molar-refractivity contribution in [1.82, 2.24) is 4.98 Å². The highest BCUT2D eigenvalue weighted by atomic mass is 35.5. The van der Waals surface area contributed by atoms with Gasteiger partial charge in [-0.05, 0) is 68.2 Å². The lowest BCUT2D eigenvalue weighted by atomic mass is 9.93. The molecule has 0 amide bonds. The van der Waals surface area contributed by atoms with Crippen LogP contribution in [0.5, 0.6) is 0 Å². The molecule has 2 aromatic rings. The van der Waals surface area contributed by atoms with E-state index < -0.39 is 0 Å². The number of aliphatic hydroxyl groups excluding tert-OH is 1. The fraction of sp³-hybridized carbons (Fsp3) is 0.522. The number of rotatable bonds is 6. The smallest absolute Gasteiger partial charge is 0.126 e. The van der Waals surface area contributed by atoms with Crippen LogP contribution < -0.4 is 10.6 Å². The molecular weight excluding hydrogens is 386 g/mol. The van der Waals surface area contributed by atoms with E-state index >= 15 is 0 Å². The fourth-order valence-corrected chi connectivity index (χ4v) is 4.39. The summed E-state index contributed by atoms with van der Waals surface area (Å²) in [7, 11) is 0. The molecule has 5 nitrogen and oxygen atoms in total. The first-order valence-electron chi connectivity index (χ1n) is 10.7. The predicted octanol–water partition coefficient (Wildman–Crippen LogP) is 4.96. The summed E-state index contributed by atoms with van der Waals surface area (Å²) in [6, 6.07) is 10.8. The van der Waals surface area contributed by atoms with Gasteiger partial charge in [0.1, 0.15) is 5.82 Å². The summed E-state index contributed by atoms with van der Waals surface area (Å²) in [5, 5.41) is 17.4. The zero-order valence-corrected chi connectivity index (χ0v) is 17.5. The van der Waals surface area contributed by atoms with Gasteiger partial charge in [0.2, 0.25) is 0 Å². The van der Waals surface area contributed by atoms with E-state index in [1.165, 1.54) is 0 Å². The average Bonchev–Trinajstić information content (AvgIpc) is 2.76. The van der Waals surface area contributed by atoms with Gasteiger partial charge in [0, 0.05) is 43.2 Å². The molecule has 1 aromatic heterocycles. The van der Waals surface area contributed by atoms with E-state index in [0.717, 1.165) is 80.9 Å². The van der Waals surface area contributed by atoms with Gasteiger partial charge < -0.3 is 20.5 Å². The first-order valence-corrected chi connectivity index (χ1v) is 11.1. The average molecular weight is 416 g/mol. The Morgan fingerprint density at radius 1 is 1.07 bits per heavy atom. The highest BCUT2D eigenvalue weighted by molar-refractivity contribution is 6.33. The molecule has 0 spiro atoms. The molecule has 2 fully saturated rings. The van der Waals surface area contributed by atoms with Crippen LogP contribution in [0.1, 0.15) is 38.5 Å². The van der Waals surface area contributed by atoms with Gasteiger partial charge in [0.05, 0.1) is 11.1 Å². The molecule has 1 saturated carbocycles. The number of nitrogens with one attached hydrogen (secondary N) is 2. The second kappa shape index (κ2) is 9.79. The molecule has 3 N–H and O–H groups in total. The second-order valence-corrected chi connectivity index (χ2v) is 8.62. The molecule has 156 valence electrons. The van der Waals surface area contributed by atoms with Crippen molar-refractivity contribution in [3.8, 4) is 11.1 Å². The largest absolute Gasteiger partial charge is 0.393 e. The van der Waals surface area contributed by atoms with Crippen LogP contribution in [0.4, 0.5) is 11.5 Å². The highest BCUT2D eigenvalue weighted by Crippen LogP contribution is 2.32. The Morgan fingerprint density at radius 2 is 1.86 bits per heavy atom. The van der Waals surface area contributed by atoms with Crippen LogP contribution in [0.3, 0.4) is 0 Å². The molecule has 1 aliphatic heterocycles. The summed E-state index contributed by atoms with van der Waals surface area (Å²) >= 11 is 6.49. The van der Waals surface area contributed by atoms with Gasteiger partial charge >= 0.3 is 0 Å². The van der Waals surface area contributed by atoms with Gasteiger partial charge in [-0.3, -0.25) is 0 Å². The van der Waals surface area contributed by atoms with Crippen molar-refractivity contribution in [1.29, 1.82) is 0 Å². The Morgan fingerprint density at radius 3 is 2.66 bits per heavy atom. The minimum atomic E-state index is -0.154. The maximum atomic E-state index is 9.70. The molecule has 2 aliphatic rings. The minimum Gasteiger partial charge on any atom is -0.393 e.